The molecule has 0 aliphatic heterocycles. The van der Waals surface area contributed by atoms with Gasteiger partial charge in [0.15, 0.2) is 5.76 Å². The average Bonchev–Trinajstić information content (AvgIpc) is 3.25. The molecule has 2 N–H and O–H groups in total. The van der Waals surface area contributed by atoms with Crippen molar-refractivity contribution < 1.29 is 14.3 Å². The number of hydrogen-bond donors (Lipinski definition) is 2. The molecule has 4 nitrogen and oxygen atoms in total. The highest BCUT2D eigenvalue weighted by molar-refractivity contribution is 6.36. The molecule has 0 saturated carbocycles. The molecule has 4 aromatic rings. The average molecular weight is 473 g/mol. The number of anilines is 1. The van der Waals surface area contributed by atoms with Gasteiger partial charge in [0.05, 0.1) is 5.02 Å². The maximum Gasteiger partial charge on any atom is 0.291 e. The molecule has 0 aliphatic carbocycles. The zero-order valence-electron chi connectivity index (χ0n) is 16.0. The second-order valence-corrected chi connectivity index (χ2v) is 8.07. The smallest absolute Gasteiger partial charge is 0.291 e. The van der Waals surface area contributed by atoms with Crippen LogP contribution in [-0.2, 0) is 0 Å². The van der Waals surface area contributed by atoms with E-state index >= 15 is 0 Å². The Kier molecular flexibility index (Phi) is 6.35. The van der Waals surface area contributed by atoms with Gasteiger partial charge in [-0.15, -0.1) is 0 Å². The third kappa shape index (κ3) is 4.78. The van der Waals surface area contributed by atoms with Crippen LogP contribution in [0.2, 0.25) is 15.1 Å². The summed E-state index contributed by atoms with van der Waals surface area (Å²) in [7, 11) is 0. The second-order valence-electron chi connectivity index (χ2n) is 6.79. The molecule has 0 bridgehead atoms. The number of carbonyl (C=O) groups excluding carboxylic acids is 1. The maximum atomic E-state index is 12.8. The quantitative estimate of drug-likeness (QED) is 0.322. The fourth-order valence-electron chi connectivity index (χ4n) is 3.17. The van der Waals surface area contributed by atoms with Gasteiger partial charge in [-0.25, -0.2) is 0 Å². The first-order valence-corrected chi connectivity index (χ1v) is 10.4. The van der Waals surface area contributed by atoms with E-state index in [1.54, 1.807) is 60.7 Å². The molecule has 1 amide bonds. The van der Waals surface area contributed by atoms with Crippen molar-refractivity contribution in [2.75, 3.05) is 5.32 Å². The Morgan fingerprint density at radius 3 is 2.32 bits per heavy atom. The van der Waals surface area contributed by atoms with Gasteiger partial charge in [-0.2, -0.15) is 0 Å². The highest BCUT2D eigenvalue weighted by Gasteiger charge is 2.19. The fraction of sp³-hybridized carbons (Fsp3) is 0.0417. The van der Waals surface area contributed by atoms with Crippen LogP contribution >= 0.6 is 34.8 Å². The molecule has 7 heteroatoms. The van der Waals surface area contributed by atoms with Crippen LogP contribution in [0.4, 0.5) is 5.69 Å². The Balaban J connectivity index is 1.60. The summed E-state index contributed by atoms with van der Waals surface area (Å²) in [6, 6.07) is 22.2. The van der Waals surface area contributed by atoms with Gasteiger partial charge < -0.3 is 14.8 Å². The van der Waals surface area contributed by atoms with Crippen molar-refractivity contribution >= 4 is 46.4 Å². The highest BCUT2D eigenvalue weighted by Crippen LogP contribution is 2.33. The van der Waals surface area contributed by atoms with Crippen molar-refractivity contribution in [3.05, 3.63) is 111 Å². The molecule has 0 unspecified atom stereocenters. The molecular formula is C24H16Cl3NO3. The van der Waals surface area contributed by atoms with Crippen LogP contribution in [0.25, 0.3) is 11.3 Å². The van der Waals surface area contributed by atoms with E-state index in [1.165, 1.54) is 0 Å². The lowest BCUT2D eigenvalue weighted by atomic mass is 10.00. The van der Waals surface area contributed by atoms with Crippen molar-refractivity contribution in [1.82, 2.24) is 0 Å². The minimum absolute atomic E-state index is 0.0936. The summed E-state index contributed by atoms with van der Waals surface area (Å²) in [5, 5.41) is 15.0. The maximum absolute atomic E-state index is 12.8. The minimum atomic E-state index is -0.963. The molecule has 1 aromatic heterocycles. The molecule has 1 heterocycles. The molecule has 3 aromatic carbocycles. The van der Waals surface area contributed by atoms with Gasteiger partial charge in [-0.05, 0) is 54.1 Å². The second kappa shape index (κ2) is 9.16. The molecule has 4 rings (SSSR count). The third-order valence-electron chi connectivity index (χ3n) is 4.70. The Morgan fingerprint density at radius 2 is 1.58 bits per heavy atom. The Hall–Kier alpha value is -2.76. The monoisotopic (exact) mass is 471 g/mol. The van der Waals surface area contributed by atoms with E-state index in [-0.39, 0.29) is 5.76 Å². The van der Waals surface area contributed by atoms with Crippen molar-refractivity contribution in [3.63, 3.8) is 0 Å². The lowest BCUT2D eigenvalue weighted by molar-refractivity contribution is 0.0997. The first kappa shape index (κ1) is 21.5. The number of hydrogen-bond acceptors (Lipinski definition) is 3. The summed E-state index contributed by atoms with van der Waals surface area (Å²) in [5.41, 5.74) is 2.20. The van der Waals surface area contributed by atoms with Crippen LogP contribution in [0.3, 0.4) is 0 Å². The molecule has 0 spiro atoms. The summed E-state index contributed by atoms with van der Waals surface area (Å²) in [6.07, 6.45) is -0.963. The minimum Gasteiger partial charge on any atom is -0.451 e. The molecule has 0 radical (unpaired) electrons. The SMILES string of the molecule is O=C(Nc1ccc(Cl)cc1[C@H](O)c1ccccc1)c1ccc(-c2ccc(Cl)cc2Cl)o1. The Labute approximate surface area is 194 Å². The van der Waals surface area contributed by atoms with Crippen LogP contribution in [0.15, 0.2) is 83.3 Å². The number of furan rings is 1. The summed E-state index contributed by atoms with van der Waals surface area (Å²) in [6.45, 7) is 0. The van der Waals surface area contributed by atoms with Crippen molar-refractivity contribution in [1.29, 1.82) is 0 Å². The number of benzene rings is 3. The highest BCUT2D eigenvalue weighted by atomic mass is 35.5. The van der Waals surface area contributed by atoms with Crippen LogP contribution in [0.5, 0.6) is 0 Å². The normalized spacial score (nSPS) is 11.9. The predicted octanol–water partition coefficient (Wildman–Crippen LogP) is 7.24. The van der Waals surface area contributed by atoms with Gasteiger partial charge in [-0.1, -0.05) is 65.1 Å². The van der Waals surface area contributed by atoms with Crippen LogP contribution in [0, 0.1) is 0 Å². The van der Waals surface area contributed by atoms with Crippen LogP contribution in [-0.4, -0.2) is 11.0 Å². The summed E-state index contributed by atoms with van der Waals surface area (Å²) in [4.78, 5) is 12.8. The number of aliphatic hydroxyl groups excluding tert-OH is 1. The van der Waals surface area contributed by atoms with E-state index in [0.717, 1.165) is 0 Å². The summed E-state index contributed by atoms with van der Waals surface area (Å²) < 4.78 is 5.70. The number of aliphatic hydroxyl groups is 1. The number of amides is 1. The molecule has 156 valence electrons. The predicted molar refractivity (Wildman–Crippen MR) is 124 cm³/mol. The van der Waals surface area contributed by atoms with Crippen molar-refractivity contribution in [3.8, 4) is 11.3 Å². The van der Waals surface area contributed by atoms with E-state index in [1.807, 2.05) is 18.2 Å². The molecule has 0 fully saturated rings. The molecule has 31 heavy (non-hydrogen) atoms. The summed E-state index contributed by atoms with van der Waals surface area (Å²) >= 11 is 18.3. The number of carbonyl (C=O) groups is 1. The number of halogens is 3. The van der Waals surface area contributed by atoms with E-state index in [9.17, 15) is 9.90 Å². The van der Waals surface area contributed by atoms with E-state index in [4.69, 9.17) is 39.2 Å². The molecule has 1 atom stereocenters. The Morgan fingerprint density at radius 1 is 0.871 bits per heavy atom. The topological polar surface area (TPSA) is 62.5 Å². The van der Waals surface area contributed by atoms with Crippen LogP contribution in [0.1, 0.15) is 27.8 Å². The molecule has 0 aliphatic rings. The van der Waals surface area contributed by atoms with Crippen LogP contribution < -0.4 is 5.32 Å². The van der Waals surface area contributed by atoms with E-state index in [0.29, 0.717) is 43.2 Å². The van der Waals surface area contributed by atoms with Gasteiger partial charge in [0.25, 0.3) is 5.91 Å². The molecule has 0 saturated heterocycles. The third-order valence-corrected chi connectivity index (χ3v) is 5.48. The van der Waals surface area contributed by atoms with Gasteiger partial charge in [0.1, 0.15) is 11.9 Å². The lowest BCUT2D eigenvalue weighted by Crippen LogP contribution is -2.14. The number of rotatable bonds is 5. The van der Waals surface area contributed by atoms with Crippen molar-refractivity contribution in [2.45, 2.75) is 6.10 Å². The van der Waals surface area contributed by atoms with E-state index in [2.05, 4.69) is 5.32 Å². The first-order chi connectivity index (χ1) is 14.9. The molecular weight excluding hydrogens is 457 g/mol. The number of nitrogens with one attached hydrogen (secondary N) is 1. The largest absolute Gasteiger partial charge is 0.451 e. The fourth-order valence-corrected chi connectivity index (χ4v) is 3.85. The standard InChI is InChI=1S/C24H16Cl3NO3/c25-15-7-9-20(18(12-15)23(29)14-4-2-1-3-5-14)28-24(30)22-11-10-21(31-22)17-8-6-16(26)13-19(17)27/h1-13,23,29H,(H,28,30)/t23-/m1/s1. The summed E-state index contributed by atoms with van der Waals surface area (Å²) in [5.74, 6) is 0.0590. The van der Waals surface area contributed by atoms with Crippen molar-refractivity contribution in [2.24, 2.45) is 0 Å². The van der Waals surface area contributed by atoms with Gasteiger partial charge in [-0.3, -0.25) is 4.79 Å². The van der Waals surface area contributed by atoms with E-state index < -0.39 is 12.0 Å². The lowest BCUT2D eigenvalue weighted by Gasteiger charge is -2.17. The zero-order valence-corrected chi connectivity index (χ0v) is 18.2. The zero-order chi connectivity index (χ0) is 22.0. The van der Waals surface area contributed by atoms with Gasteiger partial charge in [0.2, 0.25) is 0 Å². The van der Waals surface area contributed by atoms with Gasteiger partial charge >= 0.3 is 0 Å². The van der Waals surface area contributed by atoms with Gasteiger partial charge in [0, 0.05) is 26.9 Å². The first-order valence-electron chi connectivity index (χ1n) is 9.31. The Bertz CT molecular complexity index is 1240.